The van der Waals surface area contributed by atoms with Crippen LogP contribution in [0.4, 0.5) is 0 Å². The summed E-state index contributed by atoms with van der Waals surface area (Å²) in [5.41, 5.74) is 5.18. The molecule has 0 unspecified atom stereocenters. The first-order valence-corrected chi connectivity index (χ1v) is 15.1. The minimum Gasteiger partial charge on any atom is -0.508 e. The van der Waals surface area contributed by atoms with Gasteiger partial charge in [-0.25, -0.2) is 8.42 Å². The van der Waals surface area contributed by atoms with Crippen molar-refractivity contribution in [2.75, 3.05) is 6.61 Å². The van der Waals surface area contributed by atoms with Crippen molar-refractivity contribution in [1.82, 2.24) is 4.98 Å². The number of unbranched alkanes of at least 4 members (excludes halogenated alkanes) is 2. The molecular formula is C33H35NO4S. The minimum absolute atomic E-state index is 0.155. The molecule has 0 atom stereocenters. The van der Waals surface area contributed by atoms with Crippen LogP contribution >= 0.6 is 0 Å². The van der Waals surface area contributed by atoms with Gasteiger partial charge in [-0.2, -0.15) is 0 Å². The summed E-state index contributed by atoms with van der Waals surface area (Å²) in [7, 11) is -3.78. The van der Waals surface area contributed by atoms with E-state index in [9.17, 15) is 13.5 Å². The van der Waals surface area contributed by atoms with Gasteiger partial charge >= 0.3 is 0 Å². The summed E-state index contributed by atoms with van der Waals surface area (Å²) < 4.78 is 33.7. The molecule has 6 heteroatoms. The molecule has 0 aliphatic heterocycles. The minimum atomic E-state index is -3.78. The number of phenolic OH excluding ortho intramolecular Hbond substituents is 1. The molecule has 1 N–H and O–H groups in total. The van der Waals surface area contributed by atoms with Crippen LogP contribution in [0.1, 0.15) is 61.9 Å². The topological polar surface area (TPSA) is 76.5 Å². The molecule has 0 saturated heterocycles. The first-order valence-electron chi connectivity index (χ1n) is 13.4. The van der Waals surface area contributed by atoms with Crippen molar-refractivity contribution in [3.05, 3.63) is 120 Å². The van der Waals surface area contributed by atoms with E-state index in [2.05, 4.69) is 31.0 Å². The Bertz CT molecular complexity index is 1500. The van der Waals surface area contributed by atoms with Crippen LogP contribution in [-0.2, 0) is 15.6 Å². The Morgan fingerprint density at radius 3 is 2.21 bits per heavy atom. The summed E-state index contributed by atoms with van der Waals surface area (Å²) >= 11 is 0. The highest BCUT2D eigenvalue weighted by molar-refractivity contribution is 7.90. The molecule has 0 bridgehead atoms. The number of pyridine rings is 1. The summed E-state index contributed by atoms with van der Waals surface area (Å²) in [6.45, 7) is 4.66. The Labute approximate surface area is 231 Å². The van der Waals surface area contributed by atoms with Crippen molar-refractivity contribution >= 4 is 21.0 Å². The normalized spacial score (nSPS) is 12.2. The summed E-state index contributed by atoms with van der Waals surface area (Å²) in [6, 6.07) is 27.8. The van der Waals surface area contributed by atoms with E-state index >= 15 is 0 Å². The molecule has 39 heavy (non-hydrogen) atoms. The Balaban J connectivity index is 1.89. The Hall–Kier alpha value is -3.90. The van der Waals surface area contributed by atoms with E-state index in [-0.39, 0.29) is 16.4 Å². The molecule has 1 heterocycles. The number of sulfone groups is 1. The Morgan fingerprint density at radius 2 is 1.54 bits per heavy atom. The highest BCUT2D eigenvalue weighted by atomic mass is 32.2. The number of nitrogens with zero attached hydrogens (tertiary/aromatic N) is 1. The van der Waals surface area contributed by atoms with Gasteiger partial charge in [0, 0.05) is 6.20 Å². The quantitative estimate of drug-likeness (QED) is 0.147. The highest BCUT2D eigenvalue weighted by Crippen LogP contribution is 2.38. The third-order valence-electron chi connectivity index (χ3n) is 6.57. The van der Waals surface area contributed by atoms with Crippen LogP contribution in [0.3, 0.4) is 0 Å². The van der Waals surface area contributed by atoms with E-state index in [0.29, 0.717) is 18.1 Å². The van der Waals surface area contributed by atoms with Crippen LogP contribution in [0.15, 0.2) is 102 Å². The van der Waals surface area contributed by atoms with Gasteiger partial charge < -0.3 is 9.84 Å². The molecule has 0 radical (unpaired) electrons. The summed E-state index contributed by atoms with van der Waals surface area (Å²) in [5, 5.41) is 9.95. The number of phenols is 1. The van der Waals surface area contributed by atoms with E-state index in [4.69, 9.17) is 4.74 Å². The molecule has 4 rings (SSSR count). The van der Waals surface area contributed by atoms with E-state index in [1.807, 2.05) is 36.4 Å². The summed E-state index contributed by atoms with van der Waals surface area (Å²) in [5.74, 6) is 0.305. The fourth-order valence-corrected chi connectivity index (χ4v) is 6.08. The fraction of sp³-hybridized carbons (Fsp3) is 0.242. The molecule has 0 spiro atoms. The SMILES string of the molecule is CCCCCOc1ccc(C(=C(CC)c2ccccc2)c2ccc(O)cc2)cc1S(=O)(=O)Cc1ccccn1. The second-order valence-electron chi connectivity index (χ2n) is 9.42. The second kappa shape index (κ2) is 13.3. The van der Waals surface area contributed by atoms with Crippen molar-refractivity contribution in [3.8, 4) is 11.5 Å². The number of benzene rings is 3. The number of aromatic nitrogens is 1. The van der Waals surface area contributed by atoms with Crippen molar-refractivity contribution in [2.24, 2.45) is 0 Å². The number of aromatic hydroxyl groups is 1. The third kappa shape index (κ3) is 7.15. The highest BCUT2D eigenvalue weighted by Gasteiger charge is 2.24. The zero-order valence-electron chi connectivity index (χ0n) is 22.5. The lowest BCUT2D eigenvalue weighted by Crippen LogP contribution is -2.10. The molecule has 5 nitrogen and oxygen atoms in total. The van der Waals surface area contributed by atoms with Crippen LogP contribution in [0, 0.1) is 0 Å². The molecule has 1 aromatic heterocycles. The Kier molecular flexibility index (Phi) is 9.55. The van der Waals surface area contributed by atoms with Crippen molar-refractivity contribution < 1.29 is 18.3 Å². The van der Waals surface area contributed by atoms with Gasteiger partial charge in [0.05, 0.1) is 18.1 Å². The van der Waals surface area contributed by atoms with Gasteiger partial charge in [0.2, 0.25) is 0 Å². The number of rotatable bonds is 12. The maximum Gasteiger partial charge on any atom is 0.187 e. The number of ether oxygens (including phenoxy) is 1. The summed E-state index contributed by atoms with van der Waals surface area (Å²) in [4.78, 5) is 4.40. The van der Waals surface area contributed by atoms with E-state index in [0.717, 1.165) is 53.5 Å². The standard InChI is InChI=1S/C33H35NO4S/c1-3-5-11-22-38-31-20-17-27(23-32(31)39(36,37)24-28-14-9-10-21-34-28)33(26-15-18-29(35)19-16-26)30(4-2)25-12-7-6-8-13-25/h6-10,12-21,23,35H,3-5,11,22,24H2,1-2H3. The molecule has 0 amide bonds. The van der Waals surface area contributed by atoms with Crippen LogP contribution in [0.5, 0.6) is 11.5 Å². The monoisotopic (exact) mass is 541 g/mol. The number of allylic oxidation sites excluding steroid dienone is 1. The molecule has 3 aromatic carbocycles. The van der Waals surface area contributed by atoms with Crippen LogP contribution in [-0.4, -0.2) is 25.1 Å². The molecule has 0 aliphatic carbocycles. The van der Waals surface area contributed by atoms with Gasteiger partial charge in [0.1, 0.15) is 16.4 Å². The van der Waals surface area contributed by atoms with Crippen molar-refractivity contribution in [1.29, 1.82) is 0 Å². The van der Waals surface area contributed by atoms with Gasteiger partial charge in [-0.15, -0.1) is 0 Å². The van der Waals surface area contributed by atoms with E-state index in [1.165, 1.54) is 0 Å². The molecular weight excluding hydrogens is 506 g/mol. The van der Waals surface area contributed by atoms with Gasteiger partial charge in [0.15, 0.2) is 9.84 Å². The second-order valence-corrected chi connectivity index (χ2v) is 11.4. The van der Waals surface area contributed by atoms with Crippen LogP contribution in [0.25, 0.3) is 11.1 Å². The first kappa shape index (κ1) is 28.1. The fourth-order valence-electron chi connectivity index (χ4n) is 4.62. The zero-order chi connectivity index (χ0) is 27.7. The largest absolute Gasteiger partial charge is 0.508 e. The van der Waals surface area contributed by atoms with Gasteiger partial charge in [-0.1, -0.05) is 81.3 Å². The van der Waals surface area contributed by atoms with E-state index < -0.39 is 9.84 Å². The summed E-state index contributed by atoms with van der Waals surface area (Å²) in [6.07, 6.45) is 5.24. The third-order valence-corrected chi connectivity index (χ3v) is 8.24. The lowest BCUT2D eigenvalue weighted by atomic mass is 9.88. The van der Waals surface area contributed by atoms with Gasteiger partial charge in [-0.3, -0.25) is 4.98 Å². The maximum absolute atomic E-state index is 13.8. The average Bonchev–Trinajstić information content (AvgIpc) is 2.95. The van der Waals surface area contributed by atoms with Crippen LogP contribution in [0.2, 0.25) is 0 Å². The van der Waals surface area contributed by atoms with Crippen molar-refractivity contribution in [2.45, 2.75) is 50.2 Å². The lowest BCUT2D eigenvalue weighted by Gasteiger charge is -2.19. The molecule has 0 aliphatic rings. The molecule has 4 aromatic rings. The van der Waals surface area contributed by atoms with Crippen LogP contribution < -0.4 is 4.74 Å². The van der Waals surface area contributed by atoms with Crippen molar-refractivity contribution in [3.63, 3.8) is 0 Å². The zero-order valence-corrected chi connectivity index (χ0v) is 23.3. The average molecular weight is 542 g/mol. The Morgan fingerprint density at radius 1 is 0.821 bits per heavy atom. The predicted molar refractivity (Wildman–Crippen MR) is 157 cm³/mol. The number of hydrogen-bond donors (Lipinski definition) is 1. The van der Waals surface area contributed by atoms with E-state index in [1.54, 1.807) is 48.7 Å². The first-order chi connectivity index (χ1) is 18.9. The molecule has 0 fully saturated rings. The smallest absolute Gasteiger partial charge is 0.187 e. The van der Waals surface area contributed by atoms with Gasteiger partial charge in [0.25, 0.3) is 0 Å². The molecule has 0 saturated carbocycles. The number of hydrogen-bond acceptors (Lipinski definition) is 5. The molecule has 202 valence electrons. The lowest BCUT2D eigenvalue weighted by molar-refractivity contribution is 0.298. The predicted octanol–water partition coefficient (Wildman–Crippen LogP) is 7.70. The maximum atomic E-state index is 13.8. The van der Waals surface area contributed by atoms with Gasteiger partial charge in [-0.05, 0) is 77.1 Å².